The molecule has 7 heteroatoms. The van der Waals surface area contributed by atoms with E-state index in [0.29, 0.717) is 19.4 Å². The second kappa shape index (κ2) is 10.9. The molecule has 1 heterocycles. The molecule has 159 valence electrons. The summed E-state index contributed by atoms with van der Waals surface area (Å²) < 4.78 is 0. The van der Waals surface area contributed by atoms with Crippen LogP contribution in [0.4, 0.5) is 5.82 Å². The van der Waals surface area contributed by atoms with Gasteiger partial charge in [-0.05, 0) is 41.3 Å². The Morgan fingerprint density at radius 2 is 1.77 bits per heavy atom. The first-order chi connectivity index (χ1) is 15.0. The topological polar surface area (TPSA) is 114 Å². The average Bonchev–Trinajstić information content (AvgIpc) is 2.76. The van der Waals surface area contributed by atoms with Gasteiger partial charge in [0.1, 0.15) is 5.82 Å². The lowest BCUT2D eigenvalue weighted by Crippen LogP contribution is -2.26. The zero-order chi connectivity index (χ0) is 22.1. The molecule has 1 aromatic heterocycles. The Hall–Kier alpha value is -3.74. The minimum Gasteiger partial charge on any atom is -0.365 e. The monoisotopic (exact) mass is 417 g/mol. The van der Waals surface area contributed by atoms with Crippen LogP contribution in [0.25, 0.3) is 10.8 Å². The number of unbranched alkanes of at least 4 members (excludes halogenated alkanes) is 2. The lowest BCUT2D eigenvalue weighted by Gasteiger charge is -2.08. The van der Waals surface area contributed by atoms with E-state index in [1.165, 1.54) is 18.7 Å². The third-order valence-corrected chi connectivity index (χ3v) is 4.78. The minimum absolute atomic E-state index is 0.0221. The molecule has 0 aliphatic heterocycles. The van der Waals surface area contributed by atoms with Gasteiger partial charge in [-0.3, -0.25) is 14.4 Å². The van der Waals surface area contributed by atoms with Gasteiger partial charge >= 0.3 is 0 Å². The average molecular weight is 417 g/mol. The number of carbonyl (C=O) groups excluding carboxylic acids is 3. The van der Waals surface area contributed by atoms with Crippen molar-refractivity contribution < 1.29 is 14.4 Å². The molecule has 0 saturated carbocycles. The molecule has 0 aliphatic rings. The first-order valence-electron chi connectivity index (χ1n) is 10.2. The van der Waals surface area contributed by atoms with Crippen LogP contribution in [-0.2, 0) is 16.0 Å². The lowest BCUT2D eigenvalue weighted by atomic mass is 10.0. The number of rotatable bonds is 10. The molecule has 4 N–H and O–H groups in total. The van der Waals surface area contributed by atoms with E-state index in [0.717, 1.165) is 29.2 Å². The highest BCUT2D eigenvalue weighted by Crippen LogP contribution is 2.16. The number of carbonyl (C=O) groups is 3. The number of pyridine rings is 1. The molecule has 3 amide bonds. The maximum atomic E-state index is 12.2. The highest BCUT2D eigenvalue weighted by Gasteiger charge is 2.11. The smallest absolute Gasteiger partial charge is 0.252 e. The van der Waals surface area contributed by atoms with Crippen LogP contribution < -0.4 is 16.4 Å². The normalized spacial score (nSPS) is 10.6. The number of hydrogen-bond acceptors (Lipinski definition) is 4. The van der Waals surface area contributed by atoms with Crippen molar-refractivity contribution in [3.05, 3.63) is 78.3 Å². The summed E-state index contributed by atoms with van der Waals surface area (Å²) in [4.78, 5) is 39.5. The first-order valence-corrected chi connectivity index (χ1v) is 10.2. The van der Waals surface area contributed by atoms with Crippen molar-refractivity contribution in [2.75, 3.05) is 11.9 Å². The van der Waals surface area contributed by atoms with E-state index in [4.69, 9.17) is 5.73 Å². The number of anilines is 1. The summed E-state index contributed by atoms with van der Waals surface area (Å²) >= 11 is 0. The summed E-state index contributed by atoms with van der Waals surface area (Å²) in [6, 6.07) is 17.2. The number of hydrogen-bond donors (Lipinski definition) is 3. The Bertz CT molecular complexity index is 1080. The van der Waals surface area contributed by atoms with Gasteiger partial charge < -0.3 is 16.4 Å². The Balaban J connectivity index is 1.32. The Morgan fingerprint density at radius 3 is 2.58 bits per heavy atom. The van der Waals surface area contributed by atoms with Crippen molar-refractivity contribution in [3.63, 3.8) is 0 Å². The summed E-state index contributed by atoms with van der Waals surface area (Å²) in [6.45, 7) is 0.550. The zero-order valence-electron chi connectivity index (χ0n) is 17.1. The number of nitrogens with zero attached hydrogens (tertiary/aromatic N) is 1. The molecule has 0 atom stereocenters. The highest BCUT2D eigenvalue weighted by molar-refractivity contribution is 6.03. The second-order valence-corrected chi connectivity index (χ2v) is 7.16. The number of fused-ring (bicyclic) bond motifs is 1. The third-order valence-electron chi connectivity index (χ3n) is 4.78. The van der Waals surface area contributed by atoms with E-state index in [1.807, 2.05) is 42.5 Å². The molecule has 0 bridgehead atoms. The van der Waals surface area contributed by atoms with E-state index in [1.54, 1.807) is 6.07 Å². The number of nitrogens with one attached hydrogen (secondary N) is 2. The maximum absolute atomic E-state index is 12.2. The van der Waals surface area contributed by atoms with Gasteiger partial charge in [0, 0.05) is 19.2 Å². The first kappa shape index (κ1) is 22.0. The highest BCUT2D eigenvalue weighted by atomic mass is 16.2. The van der Waals surface area contributed by atoms with Crippen LogP contribution >= 0.6 is 0 Å². The van der Waals surface area contributed by atoms with Gasteiger partial charge in [0.25, 0.3) is 5.91 Å². The van der Waals surface area contributed by atoms with Crippen LogP contribution in [0.5, 0.6) is 0 Å². The fraction of sp³-hybridized carbons (Fsp3) is 0.208. The molecular formula is C24H25N4O3. The van der Waals surface area contributed by atoms with E-state index < -0.39 is 5.91 Å². The van der Waals surface area contributed by atoms with Crippen molar-refractivity contribution in [1.29, 1.82) is 0 Å². The number of aromatic nitrogens is 1. The van der Waals surface area contributed by atoms with Crippen molar-refractivity contribution >= 4 is 34.3 Å². The standard InChI is InChI=1S/C24H25N4O3/c25-23(31)20-9-6-14-27-24(20)28-21(29)10-2-1-5-13-26-22(30)16-17-11-12-18-7-3-4-8-19(18)15-17/h3-4,6-12,14-15H,1-2,5,13,16H2,(H2,25,31)(H,26,30)(H,27,28,29). The molecule has 0 saturated heterocycles. The predicted molar refractivity (Wildman–Crippen MR) is 120 cm³/mol. The van der Waals surface area contributed by atoms with Gasteiger partial charge in [0.15, 0.2) is 0 Å². The third kappa shape index (κ3) is 6.64. The SMILES string of the molecule is NC(=O)c1cccnc1NC(=O)[CH]CCCCNC(=O)Cc1ccc2ccccc2c1. The van der Waals surface area contributed by atoms with Crippen LogP contribution in [0.2, 0.25) is 0 Å². The molecule has 2 aromatic carbocycles. The van der Waals surface area contributed by atoms with Crippen LogP contribution in [0.3, 0.4) is 0 Å². The number of nitrogens with two attached hydrogens (primary N) is 1. The van der Waals surface area contributed by atoms with E-state index >= 15 is 0 Å². The van der Waals surface area contributed by atoms with Crippen molar-refractivity contribution in [2.24, 2.45) is 5.73 Å². The van der Waals surface area contributed by atoms with E-state index in [2.05, 4.69) is 15.6 Å². The van der Waals surface area contributed by atoms with Crippen molar-refractivity contribution in [1.82, 2.24) is 10.3 Å². The van der Waals surface area contributed by atoms with Gasteiger partial charge in [-0.25, -0.2) is 4.98 Å². The van der Waals surface area contributed by atoms with E-state index in [-0.39, 0.29) is 23.2 Å². The fourth-order valence-electron chi connectivity index (χ4n) is 3.20. The molecule has 31 heavy (non-hydrogen) atoms. The van der Waals surface area contributed by atoms with Gasteiger partial charge in [-0.1, -0.05) is 48.9 Å². The van der Waals surface area contributed by atoms with Crippen molar-refractivity contribution in [3.8, 4) is 0 Å². The molecule has 0 unspecified atom stereocenters. The van der Waals surface area contributed by atoms with Crippen LogP contribution in [-0.4, -0.2) is 29.3 Å². The summed E-state index contributed by atoms with van der Waals surface area (Å²) in [7, 11) is 0. The molecule has 0 spiro atoms. The van der Waals surface area contributed by atoms with Crippen LogP contribution in [0.1, 0.15) is 35.2 Å². The predicted octanol–water partition coefficient (Wildman–Crippen LogP) is 3.01. The largest absolute Gasteiger partial charge is 0.365 e. The van der Waals surface area contributed by atoms with Crippen LogP contribution in [0, 0.1) is 6.42 Å². The van der Waals surface area contributed by atoms with Crippen LogP contribution in [0.15, 0.2) is 60.8 Å². The minimum atomic E-state index is -0.650. The lowest BCUT2D eigenvalue weighted by molar-refractivity contribution is -0.120. The molecular weight excluding hydrogens is 392 g/mol. The number of primary amides is 1. The van der Waals surface area contributed by atoms with E-state index in [9.17, 15) is 14.4 Å². The summed E-state index contributed by atoms with van der Waals surface area (Å²) in [6.07, 6.45) is 5.35. The quantitative estimate of drug-likeness (QED) is 0.440. The van der Waals surface area contributed by atoms with Gasteiger partial charge in [-0.2, -0.15) is 0 Å². The molecule has 3 rings (SSSR count). The number of amides is 3. The Morgan fingerprint density at radius 1 is 0.968 bits per heavy atom. The molecule has 0 fully saturated rings. The molecule has 7 nitrogen and oxygen atoms in total. The summed E-state index contributed by atoms with van der Waals surface area (Å²) in [5.74, 6) is -0.868. The van der Waals surface area contributed by atoms with Gasteiger partial charge in [-0.15, -0.1) is 0 Å². The number of benzene rings is 2. The van der Waals surface area contributed by atoms with Crippen molar-refractivity contribution in [2.45, 2.75) is 25.7 Å². The molecule has 1 radical (unpaired) electrons. The zero-order valence-corrected chi connectivity index (χ0v) is 17.1. The maximum Gasteiger partial charge on any atom is 0.252 e. The summed E-state index contributed by atoms with van der Waals surface area (Å²) in [5, 5.41) is 7.75. The Labute approximate surface area is 181 Å². The Kier molecular flexibility index (Phi) is 7.70. The second-order valence-electron chi connectivity index (χ2n) is 7.16. The van der Waals surface area contributed by atoms with Gasteiger partial charge in [0.05, 0.1) is 12.0 Å². The molecule has 0 aliphatic carbocycles. The summed E-state index contributed by atoms with van der Waals surface area (Å²) in [5.41, 5.74) is 6.41. The molecule has 3 aromatic rings. The van der Waals surface area contributed by atoms with Gasteiger partial charge in [0.2, 0.25) is 11.8 Å². The fourth-order valence-corrected chi connectivity index (χ4v) is 3.20.